The Morgan fingerprint density at radius 2 is 1.69 bits per heavy atom. The fourth-order valence-electron chi connectivity index (χ4n) is 7.29. The third-order valence-corrected chi connectivity index (χ3v) is 10.0. The van der Waals surface area contributed by atoms with Crippen LogP contribution in [0.5, 0.6) is 11.5 Å². The van der Waals surface area contributed by atoms with E-state index in [-0.39, 0.29) is 17.4 Å². The summed E-state index contributed by atoms with van der Waals surface area (Å²) in [4.78, 5) is 29.9. The molecule has 3 aliphatic heterocycles. The number of alkyl carbamates (subject to hydrolysis) is 1. The summed E-state index contributed by atoms with van der Waals surface area (Å²) in [5.74, 6) is 1.10. The number of aliphatic hydroxyl groups excluding tert-OH is 1. The number of rotatable bonds is 13. The van der Waals surface area contributed by atoms with Gasteiger partial charge in [0, 0.05) is 24.5 Å². The largest absolute Gasteiger partial charge is 0.506 e. The van der Waals surface area contributed by atoms with Crippen molar-refractivity contribution in [1.29, 1.82) is 0 Å². The summed E-state index contributed by atoms with van der Waals surface area (Å²) in [6, 6.07) is 31.7. The maximum absolute atomic E-state index is 13.2. The Labute approximate surface area is 297 Å². The van der Waals surface area contributed by atoms with Crippen molar-refractivity contribution in [2.75, 3.05) is 32.7 Å². The minimum absolute atomic E-state index is 0.0341. The van der Waals surface area contributed by atoms with Crippen LogP contribution in [0.1, 0.15) is 52.8 Å². The standard InChI is InChI=1S/C41H44N4O6/c46-35-14-12-33(34-13-15-38(48)43-40(34)35)36(47)24-42-19-16-27-6-4-7-28(22-27)26-50-32-11-5-10-31(23-32)39(30-8-2-1-3-9-30)44-41(49)51-37-25-45-20-17-29(37)18-21-45/h1-15,22-23,29,36-37,39,42,46-47H,16-21,24-26H2,(H,43,48)(H,44,49). The van der Waals surface area contributed by atoms with Gasteiger partial charge in [0.05, 0.1) is 17.7 Å². The zero-order valence-corrected chi connectivity index (χ0v) is 28.5. The minimum atomic E-state index is -0.818. The Hall–Kier alpha value is -5.16. The summed E-state index contributed by atoms with van der Waals surface area (Å²) in [5, 5.41) is 28.1. The number of H-pyrrole nitrogens is 1. The molecule has 10 heteroatoms. The molecule has 2 bridgehead atoms. The Kier molecular flexibility index (Phi) is 10.6. The molecule has 1 aromatic heterocycles. The van der Waals surface area contributed by atoms with Gasteiger partial charge in [-0.25, -0.2) is 4.79 Å². The first-order valence-corrected chi connectivity index (χ1v) is 17.7. The summed E-state index contributed by atoms with van der Waals surface area (Å²) in [6.45, 7) is 4.32. The molecule has 0 aliphatic carbocycles. The number of hydrogen-bond acceptors (Lipinski definition) is 8. The van der Waals surface area contributed by atoms with Crippen LogP contribution in [0.3, 0.4) is 0 Å². The number of aromatic hydroxyl groups is 1. The zero-order chi connectivity index (χ0) is 35.2. The Balaban J connectivity index is 0.939. The molecule has 5 aromatic rings. The molecule has 3 saturated heterocycles. The van der Waals surface area contributed by atoms with Crippen molar-refractivity contribution < 1.29 is 24.5 Å². The number of pyridine rings is 1. The van der Waals surface area contributed by atoms with Crippen molar-refractivity contribution in [2.24, 2.45) is 5.92 Å². The van der Waals surface area contributed by atoms with Gasteiger partial charge in [0.2, 0.25) is 5.56 Å². The molecule has 8 rings (SSSR count). The first-order chi connectivity index (χ1) is 24.9. The monoisotopic (exact) mass is 688 g/mol. The average molecular weight is 689 g/mol. The first-order valence-electron chi connectivity index (χ1n) is 17.7. The van der Waals surface area contributed by atoms with Crippen LogP contribution in [0, 0.1) is 5.92 Å². The van der Waals surface area contributed by atoms with Gasteiger partial charge in [0.15, 0.2) is 0 Å². The molecule has 0 saturated carbocycles. The van der Waals surface area contributed by atoms with E-state index in [2.05, 4.69) is 32.7 Å². The SMILES string of the molecule is O=C(NC(c1ccccc1)c1cccc(OCc2cccc(CCNCC(O)c3ccc(O)c4[nH]c(=O)ccc34)c2)c1)OC1CN2CCC1CC2. The van der Waals surface area contributed by atoms with Crippen LogP contribution in [0.15, 0.2) is 108 Å². The predicted octanol–water partition coefficient (Wildman–Crippen LogP) is 5.59. The molecule has 1 amide bonds. The highest BCUT2D eigenvalue weighted by atomic mass is 16.6. The fraction of sp³-hybridized carbons (Fsp3) is 0.317. The third-order valence-electron chi connectivity index (χ3n) is 10.0. The van der Waals surface area contributed by atoms with Gasteiger partial charge in [-0.1, -0.05) is 72.8 Å². The van der Waals surface area contributed by atoms with Crippen LogP contribution in [-0.4, -0.2) is 65.0 Å². The molecule has 3 atom stereocenters. The number of hydrogen-bond donors (Lipinski definition) is 5. The van der Waals surface area contributed by atoms with Gasteiger partial charge in [-0.2, -0.15) is 0 Å². The van der Waals surface area contributed by atoms with Gasteiger partial charge in [-0.05, 0) is 96.9 Å². The van der Waals surface area contributed by atoms with Gasteiger partial charge < -0.3 is 35.3 Å². The zero-order valence-electron chi connectivity index (χ0n) is 28.5. The maximum Gasteiger partial charge on any atom is 0.408 e. The lowest BCUT2D eigenvalue weighted by Crippen LogP contribution is -2.52. The van der Waals surface area contributed by atoms with Crippen LogP contribution in [0.2, 0.25) is 0 Å². The lowest BCUT2D eigenvalue weighted by Gasteiger charge is -2.43. The summed E-state index contributed by atoms with van der Waals surface area (Å²) < 4.78 is 12.2. The van der Waals surface area contributed by atoms with Gasteiger partial charge in [-0.15, -0.1) is 0 Å². The lowest BCUT2D eigenvalue weighted by atomic mass is 9.86. The number of ether oxygens (including phenoxy) is 2. The summed E-state index contributed by atoms with van der Waals surface area (Å²) in [6.07, 6.45) is 1.61. The Bertz CT molecular complexity index is 2010. The lowest BCUT2D eigenvalue weighted by molar-refractivity contribution is -0.0336. The number of benzene rings is 4. The number of aromatic amines is 1. The second-order valence-corrected chi connectivity index (χ2v) is 13.5. The quantitative estimate of drug-likeness (QED) is 0.101. The van der Waals surface area contributed by atoms with Gasteiger partial charge in [0.1, 0.15) is 24.2 Å². The second-order valence-electron chi connectivity index (χ2n) is 13.5. The predicted molar refractivity (Wildman–Crippen MR) is 196 cm³/mol. The number of fused-ring (bicyclic) bond motifs is 4. The van der Waals surface area contributed by atoms with Gasteiger partial charge in [0.25, 0.3) is 0 Å². The molecule has 5 N–H and O–H groups in total. The number of amides is 1. The van der Waals surface area contributed by atoms with E-state index in [4.69, 9.17) is 9.47 Å². The van der Waals surface area contributed by atoms with Crippen molar-refractivity contribution in [3.63, 3.8) is 0 Å². The number of phenols is 1. The van der Waals surface area contributed by atoms with E-state index >= 15 is 0 Å². The van der Waals surface area contributed by atoms with Crippen molar-refractivity contribution in [1.82, 2.24) is 20.5 Å². The van der Waals surface area contributed by atoms with Gasteiger partial charge in [-0.3, -0.25) is 9.69 Å². The Morgan fingerprint density at radius 1 is 0.902 bits per heavy atom. The topological polar surface area (TPSA) is 136 Å². The number of aliphatic hydroxyl groups is 1. The van der Waals surface area contributed by atoms with Gasteiger partial charge >= 0.3 is 6.09 Å². The highest BCUT2D eigenvalue weighted by Crippen LogP contribution is 2.31. The molecule has 51 heavy (non-hydrogen) atoms. The van der Waals surface area contributed by atoms with E-state index in [0.29, 0.717) is 47.8 Å². The molecule has 0 spiro atoms. The normalized spacial score (nSPS) is 19.4. The molecule has 264 valence electrons. The van der Waals surface area contributed by atoms with Crippen LogP contribution in [0.25, 0.3) is 10.9 Å². The smallest absolute Gasteiger partial charge is 0.408 e. The van der Waals surface area contributed by atoms with E-state index in [0.717, 1.165) is 61.2 Å². The van der Waals surface area contributed by atoms with Crippen LogP contribution < -0.4 is 20.9 Å². The first kappa shape index (κ1) is 34.3. The molecule has 4 heterocycles. The molecule has 3 fully saturated rings. The fourth-order valence-corrected chi connectivity index (χ4v) is 7.29. The molecule has 0 radical (unpaired) electrons. The minimum Gasteiger partial charge on any atom is -0.506 e. The molecule has 10 nitrogen and oxygen atoms in total. The Morgan fingerprint density at radius 3 is 2.49 bits per heavy atom. The number of nitrogens with zero attached hydrogens (tertiary/aromatic N) is 1. The van der Waals surface area contributed by atoms with Crippen molar-refractivity contribution >= 4 is 17.0 Å². The molecule has 3 aliphatic rings. The van der Waals surface area contributed by atoms with Crippen LogP contribution in [0.4, 0.5) is 4.79 Å². The number of phenolic OH excluding ortho intramolecular Hbond substituents is 1. The third kappa shape index (κ3) is 8.42. The number of piperidine rings is 3. The highest BCUT2D eigenvalue weighted by molar-refractivity contribution is 5.87. The molecular formula is C41H44N4O6. The summed E-state index contributed by atoms with van der Waals surface area (Å²) in [7, 11) is 0. The maximum atomic E-state index is 13.2. The molecule has 4 aromatic carbocycles. The van der Waals surface area contributed by atoms with Crippen LogP contribution in [-0.2, 0) is 17.8 Å². The van der Waals surface area contributed by atoms with Crippen LogP contribution >= 0.6 is 0 Å². The number of nitrogens with one attached hydrogen (secondary N) is 3. The van der Waals surface area contributed by atoms with E-state index < -0.39 is 18.2 Å². The number of aromatic nitrogens is 1. The summed E-state index contributed by atoms with van der Waals surface area (Å²) >= 11 is 0. The van der Waals surface area contributed by atoms with E-state index in [1.165, 1.54) is 12.1 Å². The van der Waals surface area contributed by atoms with E-state index in [9.17, 15) is 19.8 Å². The highest BCUT2D eigenvalue weighted by Gasteiger charge is 2.37. The molecular weight excluding hydrogens is 644 g/mol. The van der Waals surface area contributed by atoms with E-state index in [1.54, 1.807) is 12.1 Å². The van der Waals surface area contributed by atoms with Crippen molar-refractivity contribution in [3.8, 4) is 11.5 Å². The van der Waals surface area contributed by atoms with E-state index in [1.807, 2.05) is 66.7 Å². The average Bonchev–Trinajstić information content (AvgIpc) is 3.16. The number of carbonyl (C=O) groups is 1. The van der Waals surface area contributed by atoms with Crippen molar-refractivity contribution in [3.05, 3.63) is 141 Å². The second kappa shape index (κ2) is 15.8. The van der Waals surface area contributed by atoms with Crippen molar-refractivity contribution in [2.45, 2.75) is 44.1 Å². The molecule has 3 unspecified atom stereocenters. The summed E-state index contributed by atoms with van der Waals surface area (Å²) in [5.41, 5.74) is 4.66. The number of carbonyl (C=O) groups excluding carboxylic acids is 1.